The molecule has 0 spiro atoms. The normalized spacial score (nSPS) is 12.2. The van der Waals surface area contributed by atoms with Crippen LogP contribution in [-0.4, -0.2) is 20.9 Å². The van der Waals surface area contributed by atoms with E-state index in [-0.39, 0.29) is 16.2 Å². The van der Waals surface area contributed by atoms with Gasteiger partial charge >= 0.3 is 0 Å². The van der Waals surface area contributed by atoms with Gasteiger partial charge in [0.25, 0.3) is 9.05 Å². The quantitative estimate of drug-likeness (QED) is 0.849. The Hall–Kier alpha value is -1.07. The molecular formula is C14H20ClNO3S. The third-order valence-corrected chi connectivity index (χ3v) is 4.00. The maximum atomic E-state index is 11.6. The van der Waals surface area contributed by atoms with E-state index in [4.69, 9.17) is 10.7 Å². The van der Waals surface area contributed by atoms with Crippen molar-refractivity contribution in [1.82, 2.24) is 5.32 Å². The predicted molar refractivity (Wildman–Crippen MR) is 80.3 cm³/mol. The molecule has 1 aromatic carbocycles. The van der Waals surface area contributed by atoms with E-state index >= 15 is 0 Å². The molecule has 0 aliphatic carbocycles. The molecule has 0 heterocycles. The summed E-state index contributed by atoms with van der Waals surface area (Å²) in [4.78, 5) is 11.7. The summed E-state index contributed by atoms with van der Waals surface area (Å²) in [6.45, 7) is 6.57. The van der Waals surface area contributed by atoms with Gasteiger partial charge in [-0.3, -0.25) is 4.79 Å². The summed E-state index contributed by atoms with van der Waals surface area (Å²) in [6, 6.07) is 6.33. The van der Waals surface area contributed by atoms with Crippen LogP contribution in [0.2, 0.25) is 0 Å². The zero-order chi connectivity index (χ0) is 15.4. The van der Waals surface area contributed by atoms with Gasteiger partial charge in [0.1, 0.15) is 0 Å². The Labute approximate surface area is 124 Å². The lowest BCUT2D eigenvalue weighted by Gasteiger charge is -2.17. The average molecular weight is 318 g/mol. The molecule has 0 aliphatic rings. The van der Waals surface area contributed by atoms with Crippen LogP contribution in [0.4, 0.5) is 0 Å². The molecular weight excluding hydrogens is 298 g/mol. The first kappa shape index (κ1) is 17.0. The number of halogens is 1. The van der Waals surface area contributed by atoms with Crippen LogP contribution >= 0.6 is 10.7 Å². The van der Waals surface area contributed by atoms with Crippen LogP contribution in [0.3, 0.4) is 0 Å². The van der Waals surface area contributed by atoms with E-state index in [2.05, 4.69) is 5.32 Å². The fourth-order valence-electron chi connectivity index (χ4n) is 1.71. The number of carbonyl (C=O) groups excluding carboxylic acids is 1. The molecule has 0 saturated carbocycles. The summed E-state index contributed by atoms with van der Waals surface area (Å²) in [7, 11) is 1.56. The topological polar surface area (TPSA) is 63.2 Å². The highest BCUT2D eigenvalue weighted by atomic mass is 35.7. The molecule has 20 heavy (non-hydrogen) atoms. The number of hydrogen-bond donors (Lipinski definition) is 1. The predicted octanol–water partition coefficient (Wildman–Crippen LogP) is 2.71. The van der Waals surface area contributed by atoms with Crippen molar-refractivity contribution in [3.63, 3.8) is 0 Å². The number of nitrogens with one attached hydrogen (secondary N) is 1. The number of benzene rings is 1. The molecule has 4 nitrogen and oxygen atoms in total. The Kier molecular flexibility index (Phi) is 5.59. The number of carbonyl (C=O) groups is 1. The first-order valence-corrected chi connectivity index (χ1v) is 8.69. The van der Waals surface area contributed by atoms with Gasteiger partial charge < -0.3 is 5.32 Å². The number of amides is 1. The summed E-state index contributed by atoms with van der Waals surface area (Å²) in [6.07, 6.45) is 1.13. The van der Waals surface area contributed by atoms with Crippen molar-refractivity contribution in [1.29, 1.82) is 0 Å². The molecule has 0 aromatic heterocycles. The molecule has 1 rings (SSSR count). The molecule has 1 N–H and O–H groups in total. The minimum absolute atomic E-state index is 0.0254. The van der Waals surface area contributed by atoms with Crippen molar-refractivity contribution >= 4 is 25.6 Å². The Morgan fingerprint density at radius 2 is 1.75 bits per heavy atom. The molecule has 0 fully saturated rings. The SMILES string of the molecule is CC(C)(C)CC(=O)NCCc1ccc(S(=O)(=O)Cl)cc1. The second kappa shape index (κ2) is 6.59. The monoisotopic (exact) mass is 317 g/mol. The van der Waals surface area contributed by atoms with Gasteiger partial charge in [0, 0.05) is 23.6 Å². The Bertz CT molecular complexity index is 559. The molecule has 1 amide bonds. The molecule has 0 radical (unpaired) electrons. The molecule has 1 aromatic rings. The Morgan fingerprint density at radius 1 is 1.20 bits per heavy atom. The third kappa shape index (κ3) is 6.39. The van der Waals surface area contributed by atoms with Gasteiger partial charge in [-0.2, -0.15) is 0 Å². The summed E-state index contributed by atoms with van der Waals surface area (Å²) < 4.78 is 22.2. The molecule has 0 atom stereocenters. The zero-order valence-corrected chi connectivity index (χ0v) is 13.5. The van der Waals surface area contributed by atoms with E-state index in [0.717, 1.165) is 5.56 Å². The highest BCUT2D eigenvalue weighted by Gasteiger charge is 2.15. The van der Waals surface area contributed by atoms with Gasteiger partial charge in [-0.05, 0) is 29.5 Å². The average Bonchev–Trinajstić information content (AvgIpc) is 2.26. The van der Waals surface area contributed by atoms with Crippen LogP contribution in [0.5, 0.6) is 0 Å². The second-order valence-corrected chi connectivity index (χ2v) is 8.49. The molecule has 0 bridgehead atoms. The standard InChI is InChI=1S/C14H20ClNO3S/c1-14(2,3)10-13(17)16-9-8-11-4-6-12(7-5-11)20(15,18)19/h4-7H,8-10H2,1-3H3,(H,16,17). The molecule has 0 aliphatic heterocycles. The molecule has 0 saturated heterocycles. The molecule has 112 valence electrons. The maximum absolute atomic E-state index is 11.6. The molecule has 0 unspecified atom stereocenters. The van der Waals surface area contributed by atoms with E-state index in [1.54, 1.807) is 12.1 Å². The van der Waals surface area contributed by atoms with Crippen molar-refractivity contribution in [2.24, 2.45) is 5.41 Å². The smallest absolute Gasteiger partial charge is 0.261 e. The summed E-state index contributed by atoms with van der Waals surface area (Å²) in [5.74, 6) is 0.0254. The van der Waals surface area contributed by atoms with Gasteiger partial charge in [0.2, 0.25) is 5.91 Å². The van der Waals surface area contributed by atoms with Gasteiger partial charge in [-0.1, -0.05) is 32.9 Å². The van der Waals surface area contributed by atoms with Crippen LogP contribution < -0.4 is 5.32 Å². The summed E-state index contributed by atoms with van der Waals surface area (Å²) in [5.41, 5.74) is 0.922. The fraction of sp³-hybridized carbons (Fsp3) is 0.500. The Morgan fingerprint density at radius 3 is 2.20 bits per heavy atom. The molecule has 6 heteroatoms. The van der Waals surface area contributed by atoms with Crippen molar-refractivity contribution in [2.45, 2.75) is 38.5 Å². The Balaban J connectivity index is 2.45. The van der Waals surface area contributed by atoms with Crippen LogP contribution in [0, 0.1) is 5.41 Å². The lowest BCUT2D eigenvalue weighted by Crippen LogP contribution is -2.29. The van der Waals surface area contributed by atoms with E-state index < -0.39 is 9.05 Å². The number of hydrogen-bond acceptors (Lipinski definition) is 3. The van der Waals surface area contributed by atoms with E-state index in [9.17, 15) is 13.2 Å². The third-order valence-electron chi connectivity index (χ3n) is 2.63. The van der Waals surface area contributed by atoms with Crippen molar-refractivity contribution in [3.05, 3.63) is 29.8 Å². The lowest BCUT2D eigenvalue weighted by atomic mass is 9.92. The van der Waals surface area contributed by atoms with Crippen molar-refractivity contribution < 1.29 is 13.2 Å². The van der Waals surface area contributed by atoms with E-state index in [0.29, 0.717) is 19.4 Å². The summed E-state index contributed by atoms with van der Waals surface area (Å²) in [5, 5.41) is 2.85. The van der Waals surface area contributed by atoms with Crippen LogP contribution in [-0.2, 0) is 20.3 Å². The van der Waals surface area contributed by atoms with Crippen LogP contribution in [0.15, 0.2) is 29.2 Å². The van der Waals surface area contributed by atoms with Crippen molar-refractivity contribution in [3.8, 4) is 0 Å². The first-order chi connectivity index (χ1) is 9.08. The first-order valence-electron chi connectivity index (χ1n) is 6.38. The van der Waals surface area contributed by atoms with Crippen molar-refractivity contribution in [2.75, 3.05) is 6.54 Å². The zero-order valence-electron chi connectivity index (χ0n) is 11.9. The van der Waals surface area contributed by atoms with Crippen LogP contribution in [0.25, 0.3) is 0 Å². The van der Waals surface area contributed by atoms with E-state index in [1.165, 1.54) is 12.1 Å². The van der Waals surface area contributed by atoms with Crippen LogP contribution in [0.1, 0.15) is 32.8 Å². The minimum atomic E-state index is -3.67. The summed E-state index contributed by atoms with van der Waals surface area (Å²) >= 11 is 0. The number of rotatable bonds is 5. The highest BCUT2D eigenvalue weighted by molar-refractivity contribution is 8.13. The second-order valence-electron chi connectivity index (χ2n) is 5.92. The maximum Gasteiger partial charge on any atom is 0.261 e. The fourth-order valence-corrected chi connectivity index (χ4v) is 2.48. The minimum Gasteiger partial charge on any atom is -0.356 e. The largest absolute Gasteiger partial charge is 0.356 e. The van der Waals surface area contributed by atoms with E-state index in [1.807, 2.05) is 20.8 Å². The highest BCUT2D eigenvalue weighted by Crippen LogP contribution is 2.18. The lowest BCUT2D eigenvalue weighted by molar-refractivity contribution is -0.122. The van der Waals surface area contributed by atoms with Gasteiger partial charge in [-0.25, -0.2) is 8.42 Å². The van der Waals surface area contributed by atoms with Gasteiger partial charge in [-0.15, -0.1) is 0 Å². The van der Waals surface area contributed by atoms with Gasteiger partial charge in [0.05, 0.1) is 4.90 Å². The van der Waals surface area contributed by atoms with Gasteiger partial charge in [0.15, 0.2) is 0 Å².